The number of fused-ring (bicyclic) bond motifs is 1. The quantitative estimate of drug-likeness (QED) is 0.756. The van der Waals surface area contributed by atoms with Gasteiger partial charge in [0.25, 0.3) is 0 Å². The molecule has 2 rings (SSSR count). The summed E-state index contributed by atoms with van der Waals surface area (Å²) in [5, 5.41) is 17.2. The number of aromatic nitrogens is 4. The number of aryl methyl sites for hydroxylation is 1. The van der Waals surface area contributed by atoms with Gasteiger partial charge in [-0.15, -0.1) is 10.2 Å². The molecule has 98 valence electrons. The third kappa shape index (κ3) is 1.91. The standard InChI is InChI=1S/C12H13N5O2/c1-4-19-11(18)12(3,7-13)9-10-16-15-8(2)17(10)6-5-14-9/h5-6H,4H2,1-3H3. The fourth-order valence-corrected chi connectivity index (χ4v) is 1.76. The molecule has 0 bridgehead atoms. The summed E-state index contributed by atoms with van der Waals surface area (Å²) in [4.78, 5) is 16.1. The number of carbonyl (C=O) groups excluding carboxylic acids is 1. The zero-order chi connectivity index (χ0) is 14.0. The Morgan fingerprint density at radius 3 is 2.95 bits per heavy atom. The van der Waals surface area contributed by atoms with Gasteiger partial charge in [0, 0.05) is 12.4 Å². The molecule has 2 heterocycles. The molecule has 0 N–H and O–H groups in total. The molecule has 0 fully saturated rings. The Kier molecular flexibility index (Phi) is 3.17. The van der Waals surface area contributed by atoms with Crippen molar-refractivity contribution in [3.8, 4) is 6.07 Å². The number of nitrogens with zero attached hydrogens (tertiary/aromatic N) is 5. The van der Waals surface area contributed by atoms with Crippen LogP contribution in [0.2, 0.25) is 0 Å². The number of hydrogen-bond donors (Lipinski definition) is 0. The van der Waals surface area contributed by atoms with Crippen LogP contribution in [-0.4, -0.2) is 32.2 Å². The third-order valence-corrected chi connectivity index (χ3v) is 2.88. The number of ether oxygens (including phenoxy) is 1. The van der Waals surface area contributed by atoms with Gasteiger partial charge in [-0.25, -0.2) is 4.79 Å². The summed E-state index contributed by atoms with van der Waals surface area (Å²) in [6, 6.07) is 1.96. The monoisotopic (exact) mass is 259 g/mol. The van der Waals surface area contributed by atoms with E-state index in [0.717, 1.165) is 0 Å². The lowest BCUT2D eigenvalue weighted by Gasteiger charge is -2.18. The molecule has 7 heteroatoms. The van der Waals surface area contributed by atoms with Crippen molar-refractivity contribution in [2.75, 3.05) is 6.61 Å². The Balaban J connectivity index is 2.65. The van der Waals surface area contributed by atoms with Crippen LogP contribution in [0.15, 0.2) is 12.4 Å². The molecular weight excluding hydrogens is 246 g/mol. The van der Waals surface area contributed by atoms with E-state index in [2.05, 4.69) is 15.2 Å². The lowest BCUT2D eigenvalue weighted by Crippen LogP contribution is -2.34. The minimum atomic E-state index is -1.50. The van der Waals surface area contributed by atoms with E-state index in [9.17, 15) is 10.1 Å². The van der Waals surface area contributed by atoms with E-state index in [0.29, 0.717) is 11.5 Å². The van der Waals surface area contributed by atoms with E-state index < -0.39 is 11.4 Å². The molecule has 2 aromatic rings. The van der Waals surface area contributed by atoms with Crippen LogP contribution >= 0.6 is 0 Å². The first-order chi connectivity index (χ1) is 9.04. The van der Waals surface area contributed by atoms with Crippen molar-refractivity contribution in [2.24, 2.45) is 0 Å². The van der Waals surface area contributed by atoms with Crippen LogP contribution in [0, 0.1) is 18.3 Å². The maximum atomic E-state index is 12.0. The van der Waals surface area contributed by atoms with Crippen LogP contribution in [0.3, 0.4) is 0 Å². The molecule has 0 saturated carbocycles. The van der Waals surface area contributed by atoms with Gasteiger partial charge >= 0.3 is 5.97 Å². The highest BCUT2D eigenvalue weighted by atomic mass is 16.5. The van der Waals surface area contributed by atoms with Crippen molar-refractivity contribution in [2.45, 2.75) is 26.2 Å². The van der Waals surface area contributed by atoms with Gasteiger partial charge in [0.15, 0.2) is 11.1 Å². The molecule has 0 aliphatic heterocycles. The molecule has 1 unspecified atom stereocenters. The van der Waals surface area contributed by atoms with E-state index in [1.807, 2.05) is 6.07 Å². The molecule has 7 nitrogen and oxygen atoms in total. The maximum Gasteiger partial charge on any atom is 0.332 e. The fraction of sp³-hybridized carbons (Fsp3) is 0.417. The van der Waals surface area contributed by atoms with E-state index in [1.54, 1.807) is 24.4 Å². The Hall–Kier alpha value is -2.49. The second-order valence-corrected chi connectivity index (χ2v) is 4.17. The molecule has 0 aliphatic rings. The van der Waals surface area contributed by atoms with Gasteiger partial charge in [0.1, 0.15) is 11.5 Å². The van der Waals surface area contributed by atoms with Gasteiger partial charge in [-0.2, -0.15) is 5.26 Å². The summed E-state index contributed by atoms with van der Waals surface area (Å²) in [6.07, 6.45) is 3.19. The van der Waals surface area contributed by atoms with Crippen LogP contribution in [-0.2, 0) is 14.9 Å². The summed E-state index contributed by atoms with van der Waals surface area (Å²) >= 11 is 0. The molecule has 19 heavy (non-hydrogen) atoms. The van der Waals surface area contributed by atoms with Gasteiger partial charge in [0.05, 0.1) is 12.7 Å². The van der Waals surface area contributed by atoms with E-state index >= 15 is 0 Å². The summed E-state index contributed by atoms with van der Waals surface area (Å²) in [6.45, 7) is 5.13. The molecule has 0 radical (unpaired) electrons. The summed E-state index contributed by atoms with van der Waals surface area (Å²) in [5.41, 5.74) is -0.869. The van der Waals surface area contributed by atoms with E-state index in [1.165, 1.54) is 13.1 Å². The van der Waals surface area contributed by atoms with Crippen LogP contribution in [0.1, 0.15) is 25.4 Å². The molecule has 1 atom stereocenters. The van der Waals surface area contributed by atoms with Crippen molar-refractivity contribution in [3.05, 3.63) is 23.9 Å². The summed E-state index contributed by atoms with van der Waals surface area (Å²) in [7, 11) is 0. The largest absolute Gasteiger partial charge is 0.465 e. The molecule has 0 aromatic carbocycles. The second kappa shape index (κ2) is 4.65. The van der Waals surface area contributed by atoms with Crippen molar-refractivity contribution in [1.29, 1.82) is 5.26 Å². The summed E-state index contributed by atoms with van der Waals surface area (Å²) in [5.74, 6) is 0.0153. The average Bonchev–Trinajstić information content (AvgIpc) is 2.80. The lowest BCUT2D eigenvalue weighted by molar-refractivity contribution is -0.147. The zero-order valence-corrected chi connectivity index (χ0v) is 10.9. The predicted octanol–water partition coefficient (Wildman–Crippen LogP) is 0.777. The smallest absolute Gasteiger partial charge is 0.332 e. The first-order valence-electron chi connectivity index (χ1n) is 5.80. The Bertz CT molecular complexity index is 672. The van der Waals surface area contributed by atoms with Gasteiger partial charge in [-0.1, -0.05) is 0 Å². The third-order valence-electron chi connectivity index (χ3n) is 2.88. The van der Waals surface area contributed by atoms with Crippen molar-refractivity contribution >= 4 is 11.6 Å². The fourth-order valence-electron chi connectivity index (χ4n) is 1.76. The first-order valence-corrected chi connectivity index (χ1v) is 5.80. The van der Waals surface area contributed by atoms with Gasteiger partial charge in [-0.3, -0.25) is 9.38 Å². The maximum absolute atomic E-state index is 12.0. The Morgan fingerprint density at radius 1 is 1.58 bits per heavy atom. The highest BCUT2D eigenvalue weighted by Gasteiger charge is 2.41. The van der Waals surface area contributed by atoms with E-state index in [4.69, 9.17) is 4.74 Å². The lowest BCUT2D eigenvalue weighted by atomic mass is 9.88. The van der Waals surface area contributed by atoms with Gasteiger partial charge in [0.2, 0.25) is 0 Å². The number of hydrogen-bond acceptors (Lipinski definition) is 6. The van der Waals surface area contributed by atoms with Crippen LogP contribution in [0.25, 0.3) is 5.65 Å². The molecule has 0 saturated heterocycles. The van der Waals surface area contributed by atoms with Crippen LogP contribution < -0.4 is 0 Å². The van der Waals surface area contributed by atoms with Crippen LogP contribution in [0.4, 0.5) is 0 Å². The predicted molar refractivity (Wildman–Crippen MR) is 65.1 cm³/mol. The highest BCUT2D eigenvalue weighted by Crippen LogP contribution is 2.26. The molecule has 2 aromatic heterocycles. The minimum absolute atomic E-state index is 0.199. The first kappa shape index (κ1) is 13.0. The minimum Gasteiger partial charge on any atom is -0.465 e. The van der Waals surface area contributed by atoms with Gasteiger partial charge in [-0.05, 0) is 20.8 Å². The normalized spacial score (nSPS) is 13.8. The van der Waals surface area contributed by atoms with Crippen molar-refractivity contribution in [1.82, 2.24) is 19.6 Å². The summed E-state index contributed by atoms with van der Waals surface area (Å²) < 4.78 is 6.63. The van der Waals surface area contributed by atoms with Crippen LogP contribution in [0.5, 0.6) is 0 Å². The molecule has 0 amide bonds. The molecule has 0 aliphatic carbocycles. The Morgan fingerprint density at radius 2 is 2.32 bits per heavy atom. The van der Waals surface area contributed by atoms with Crippen molar-refractivity contribution < 1.29 is 9.53 Å². The number of esters is 1. The van der Waals surface area contributed by atoms with Crippen molar-refractivity contribution in [3.63, 3.8) is 0 Å². The van der Waals surface area contributed by atoms with E-state index in [-0.39, 0.29) is 12.3 Å². The topological polar surface area (TPSA) is 93.2 Å². The highest BCUT2D eigenvalue weighted by molar-refractivity contribution is 5.87. The molecular formula is C12H13N5O2. The SMILES string of the molecule is CCOC(=O)C(C)(C#N)c1nccn2c(C)nnc12. The number of rotatable bonds is 3. The zero-order valence-electron chi connectivity index (χ0n) is 10.9. The average molecular weight is 259 g/mol. The Labute approximate surface area is 109 Å². The molecule has 0 spiro atoms. The van der Waals surface area contributed by atoms with Gasteiger partial charge < -0.3 is 4.74 Å². The number of carbonyl (C=O) groups is 1. The number of nitriles is 1. The second-order valence-electron chi connectivity index (χ2n) is 4.17.